The molecule has 0 saturated carbocycles. The standard InChI is InChI=1S/C34H34N2O5S/c1-7-41-33(38)29-30(22-12-9-8-10-13-22)35-34-36(31(29)23-14-11-15-25(17-23)39-5)32(37)28(42-34)19-24-18-26(20(2)3)27(40-6)16-21(24)4/h8-20,31H,7H2,1-6H3/b28-19+/t31-/m1/s1. The summed E-state index contributed by atoms with van der Waals surface area (Å²) in [6.07, 6.45) is 1.91. The van der Waals surface area contributed by atoms with Gasteiger partial charge in [-0.25, -0.2) is 9.79 Å². The van der Waals surface area contributed by atoms with Crippen molar-refractivity contribution in [3.8, 4) is 11.5 Å². The fourth-order valence-corrected chi connectivity index (χ4v) is 6.20. The number of fused-ring (bicyclic) bond motifs is 1. The van der Waals surface area contributed by atoms with Gasteiger partial charge in [0.1, 0.15) is 11.5 Å². The highest BCUT2D eigenvalue weighted by Crippen LogP contribution is 2.36. The molecule has 2 heterocycles. The lowest BCUT2D eigenvalue weighted by Crippen LogP contribution is -2.40. The lowest BCUT2D eigenvalue weighted by molar-refractivity contribution is -0.138. The number of benzene rings is 3. The van der Waals surface area contributed by atoms with Gasteiger partial charge < -0.3 is 14.2 Å². The molecule has 0 N–H and O–H groups in total. The van der Waals surface area contributed by atoms with Gasteiger partial charge in [-0.3, -0.25) is 9.36 Å². The molecule has 0 aliphatic carbocycles. The van der Waals surface area contributed by atoms with Crippen LogP contribution in [0.1, 0.15) is 60.5 Å². The molecule has 7 nitrogen and oxygen atoms in total. The Bertz CT molecular complexity index is 1850. The van der Waals surface area contributed by atoms with Gasteiger partial charge in [0.25, 0.3) is 5.56 Å². The van der Waals surface area contributed by atoms with Crippen LogP contribution in [0.2, 0.25) is 0 Å². The summed E-state index contributed by atoms with van der Waals surface area (Å²) < 4.78 is 18.8. The third-order valence-electron chi connectivity index (χ3n) is 7.31. The molecule has 216 valence electrons. The van der Waals surface area contributed by atoms with Gasteiger partial charge in [-0.2, -0.15) is 0 Å². The number of ether oxygens (including phenoxy) is 3. The number of thiazole rings is 1. The van der Waals surface area contributed by atoms with Crippen LogP contribution < -0.4 is 24.4 Å². The zero-order valence-electron chi connectivity index (χ0n) is 24.6. The first-order chi connectivity index (χ1) is 20.3. The zero-order chi connectivity index (χ0) is 30.0. The number of carbonyl (C=O) groups excluding carboxylic acids is 1. The second-order valence-electron chi connectivity index (χ2n) is 10.3. The summed E-state index contributed by atoms with van der Waals surface area (Å²) >= 11 is 1.30. The monoisotopic (exact) mass is 582 g/mol. The van der Waals surface area contributed by atoms with E-state index in [0.29, 0.717) is 26.4 Å². The first-order valence-electron chi connectivity index (χ1n) is 13.9. The Morgan fingerprint density at radius 1 is 1.05 bits per heavy atom. The average Bonchev–Trinajstić information content (AvgIpc) is 3.31. The van der Waals surface area contributed by atoms with Gasteiger partial charge in [-0.05, 0) is 72.4 Å². The molecule has 8 heteroatoms. The van der Waals surface area contributed by atoms with Crippen LogP contribution in [-0.2, 0) is 9.53 Å². The van der Waals surface area contributed by atoms with E-state index in [4.69, 9.17) is 19.2 Å². The van der Waals surface area contributed by atoms with Crippen LogP contribution in [0, 0.1) is 6.92 Å². The summed E-state index contributed by atoms with van der Waals surface area (Å²) in [6.45, 7) is 8.18. The van der Waals surface area contributed by atoms with Crippen LogP contribution in [0.25, 0.3) is 11.8 Å². The number of aryl methyl sites for hydroxylation is 1. The fourth-order valence-electron chi connectivity index (χ4n) is 5.21. The minimum atomic E-state index is -0.768. The van der Waals surface area contributed by atoms with Gasteiger partial charge in [0.05, 0.1) is 42.7 Å². The van der Waals surface area contributed by atoms with Crippen LogP contribution in [0.3, 0.4) is 0 Å². The van der Waals surface area contributed by atoms with Crippen molar-refractivity contribution in [2.24, 2.45) is 4.99 Å². The van der Waals surface area contributed by atoms with Crippen molar-refractivity contribution >= 4 is 29.1 Å². The molecule has 0 bridgehead atoms. The predicted molar refractivity (Wildman–Crippen MR) is 166 cm³/mol. The molecule has 0 spiro atoms. The van der Waals surface area contributed by atoms with Crippen molar-refractivity contribution in [1.29, 1.82) is 0 Å². The van der Waals surface area contributed by atoms with Crippen molar-refractivity contribution in [2.75, 3.05) is 20.8 Å². The van der Waals surface area contributed by atoms with E-state index in [-0.39, 0.29) is 18.1 Å². The van der Waals surface area contributed by atoms with Crippen molar-refractivity contribution in [1.82, 2.24) is 4.57 Å². The minimum absolute atomic E-state index is 0.189. The van der Waals surface area contributed by atoms with Gasteiger partial charge in [-0.1, -0.05) is 67.6 Å². The molecule has 0 saturated heterocycles. The summed E-state index contributed by atoms with van der Waals surface area (Å²) in [4.78, 5) is 33.3. The Hall–Kier alpha value is -4.43. The number of aromatic nitrogens is 1. The molecule has 42 heavy (non-hydrogen) atoms. The van der Waals surface area contributed by atoms with Crippen LogP contribution in [-0.4, -0.2) is 31.4 Å². The maximum atomic E-state index is 14.2. The molecule has 4 aromatic rings. The molecule has 0 amide bonds. The molecule has 0 fully saturated rings. The van der Waals surface area contributed by atoms with E-state index >= 15 is 0 Å². The van der Waals surface area contributed by atoms with Crippen LogP contribution in [0.15, 0.2) is 82.1 Å². The SMILES string of the molecule is CCOC(=O)C1=C(c2ccccc2)N=c2s/c(=C/c3cc(C(C)C)c(OC)cc3C)c(=O)n2[C@@H]1c1cccc(OC)c1. The Kier molecular flexibility index (Phi) is 8.45. The largest absolute Gasteiger partial charge is 0.497 e. The number of esters is 1. The van der Waals surface area contributed by atoms with Crippen LogP contribution in [0.5, 0.6) is 11.5 Å². The lowest BCUT2D eigenvalue weighted by atomic mass is 9.93. The van der Waals surface area contributed by atoms with E-state index in [9.17, 15) is 9.59 Å². The molecule has 3 aromatic carbocycles. The second-order valence-corrected chi connectivity index (χ2v) is 11.3. The van der Waals surface area contributed by atoms with Gasteiger partial charge >= 0.3 is 5.97 Å². The summed E-state index contributed by atoms with van der Waals surface area (Å²) in [7, 11) is 3.26. The van der Waals surface area contributed by atoms with Gasteiger partial charge in [0.15, 0.2) is 4.80 Å². The Labute approximate surface area is 249 Å². The average molecular weight is 583 g/mol. The fraction of sp³-hybridized carbons (Fsp3) is 0.265. The molecule has 1 aliphatic rings. The Balaban J connectivity index is 1.83. The number of rotatable bonds is 8. The molecule has 0 radical (unpaired) electrons. The van der Waals surface area contributed by atoms with Crippen LogP contribution in [0.4, 0.5) is 0 Å². The van der Waals surface area contributed by atoms with Crippen molar-refractivity contribution in [3.63, 3.8) is 0 Å². The summed E-state index contributed by atoms with van der Waals surface area (Å²) in [5.41, 5.74) is 5.01. The molecular weight excluding hydrogens is 548 g/mol. The van der Waals surface area contributed by atoms with E-state index in [2.05, 4.69) is 19.9 Å². The third-order valence-corrected chi connectivity index (χ3v) is 8.29. The summed E-state index contributed by atoms with van der Waals surface area (Å²) in [5.74, 6) is 1.16. The van der Waals surface area contributed by atoms with E-state index in [1.807, 2.05) is 73.7 Å². The number of methoxy groups -OCH3 is 2. The van der Waals surface area contributed by atoms with E-state index in [0.717, 1.165) is 33.6 Å². The van der Waals surface area contributed by atoms with E-state index in [1.165, 1.54) is 11.3 Å². The van der Waals surface area contributed by atoms with Gasteiger partial charge in [0.2, 0.25) is 0 Å². The van der Waals surface area contributed by atoms with E-state index < -0.39 is 12.0 Å². The number of carbonyl (C=O) groups is 1. The maximum Gasteiger partial charge on any atom is 0.338 e. The minimum Gasteiger partial charge on any atom is -0.497 e. The first kappa shape index (κ1) is 29.1. The Morgan fingerprint density at radius 3 is 2.48 bits per heavy atom. The molecule has 1 atom stereocenters. The first-order valence-corrected chi connectivity index (χ1v) is 14.7. The van der Waals surface area contributed by atoms with E-state index in [1.54, 1.807) is 25.7 Å². The topological polar surface area (TPSA) is 79.1 Å². The molecule has 0 unspecified atom stereocenters. The smallest absolute Gasteiger partial charge is 0.338 e. The molecule has 1 aliphatic heterocycles. The normalized spacial score (nSPS) is 14.9. The number of hydrogen-bond donors (Lipinski definition) is 0. The molecule has 5 rings (SSSR count). The molecular formula is C34H34N2O5S. The summed E-state index contributed by atoms with van der Waals surface area (Å²) in [5, 5.41) is 0. The zero-order valence-corrected chi connectivity index (χ0v) is 25.5. The van der Waals surface area contributed by atoms with Crippen molar-refractivity contribution in [3.05, 3.63) is 120 Å². The maximum absolute atomic E-state index is 14.2. The number of nitrogens with zero attached hydrogens (tertiary/aromatic N) is 2. The van der Waals surface area contributed by atoms with Crippen molar-refractivity contribution < 1.29 is 19.0 Å². The molecule has 1 aromatic heterocycles. The van der Waals surface area contributed by atoms with Gasteiger partial charge in [0, 0.05) is 5.56 Å². The highest BCUT2D eigenvalue weighted by molar-refractivity contribution is 7.07. The second kappa shape index (κ2) is 12.2. The van der Waals surface area contributed by atoms with Crippen LogP contribution >= 0.6 is 11.3 Å². The van der Waals surface area contributed by atoms with Crippen molar-refractivity contribution in [2.45, 2.75) is 39.7 Å². The van der Waals surface area contributed by atoms with Gasteiger partial charge in [-0.15, -0.1) is 0 Å². The highest BCUT2D eigenvalue weighted by Gasteiger charge is 2.35. The number of hydrogen-bond acceptors (Lipinski definition) is 7. The Morgan fingerprint density at radius 2 is 1.81 bits per heavy atom. The third kappa shape index (κ3) is 5.42. The highest BCUT2D eigenvalue weighted by atomic mass is 32.1. The quantitative estimate of drug-likeness (QED) is 0.261. The predicted octanol–water partition coefficient (Wildman–Crippen LogP) is 5.38. The summed E-state index contributed by atoms with van der Waals surface area (Å²) in [6, 6.07) is 20.2. The lowest BCUT2D eigenvalue weighted by Gasteiger charge is -2.26.